The van der Waals surface area contributed by atoms with Crippen LogP contribution in [0.4, 0.5) is 0 Å². The van der Waals surface area contributed by atoms with Crippen LogP contribution in [0.5, 0.6) is 0 Å². The van der Waals surface area contributed by atoms with E-state index >= 15 is 0 Å². The van der Waals surface area contributed by atoms with Crippen LogP contribution in [0.3, 0.4) is 0 Å². The molecule has 0 spiro atoms. The minimum atomic E-state index is 0.425. The molecule has 1 aromatic heterocycles. The highest BCUT2D eigenvalue weighted by Gasteiger charge is 2.11. The molecule has 1 atom stereocenters. The molecular formula is C16H23N3. The Morgan fingerprint density at radius 3 is 2.84 bits per heavy atom. The first-order chi connectivity index (χ1) is 9.22. The Kier molecular flexibility index (Phi) is 4.74. The van der Waals surface area contributed by atoms with Crippen molar-refractivity contribution in [1.82, 2.24) is 14.9 Å². The van der Waals surface area contributed by atoms with Crippen LogP contribution < -0.4 is 5.32 Å². The first-order valence-corrected chi connectivity index (χ1v) is 6.95. The SMILES string of the molecule is CCn1ccnc1CC(Cc1cccc(C)c1)NC. The lowest BCUT2D eigenvalue weighted by atomic mass is 10.0. The third-order valence-electron chi connectivity index (χ3n) is 3.54. The van der Waals surface area contributed by atoms with Crippen molar-refractivity contribution in [1.29, 1.82) is 0 Å². The Hall–Kier alpha value is -1.61. The van der Waals surface area contributed by atoms with Crippen LogP contribution in [0.15, 0.2) is 36.7 Å². The third-order valence-corrected chi connectivity index (χ3v) is 3.54. The molecule has 0 saturated heterocycles. The summed E-state index contributed by atoms with van der Waals surface area (Å²) in [4.78, 5) is 4.46. The molecule has 0 saturated carbocycles. The number of hydrogen-bond donors (Lipinski definition) is 1. The van der Waals surface area contributed by atoms with Gasteiger partial charge in [0, 0.05) is 31.4 Å². The van der Waals surface area contributed by atoms with Crippen molar-refractivity contribution in [2.75, 3.05) is 7.05 Å². The maximum atomic E-state index is 4.46. The zero-order valence-electron chi connectivity index (χ0n) is 12.1. The van der Waals surface area contributed by atoms with Crippen LogP contribution in [-0.4, -0.2) is 22.6 Å². The van der Waals surface area contributed by atoms with Crippen molar-refractivity contribution in [3.63, 3.8) is 0 Å². The van der Waals surface area contributed by atoms with E-state index in [1.54, 1.807) is 0 Å². The topological polar surface area (TPSA) is 29.9 Å². The number of likely N-dealkylation sites (N-methyl/N-ethyl adjacent to an activating group) is 1. The average molecular weight is 257 g/mol. The Morgan fingerprint density at radius 1 is 1.32 bits per heavy atom. The number of rotatable bonds is 6. The lowest BCUT2D eigenvalue weighted by Gasteiger charge is -2.17. The second-order valence-electron chi connectivity index (χ2n) is 5.01. The predicted molar refractivity (Wildman–Crippen MR) is 79.3 cm³/mol. The number of imidazole rings is 1. The lowest BCUT2D eigenvalue weighted by molar-refractivity contribution is 0.526. The van der Waals surface area contributed by atoms with Crippen LogP contribution in [0.25, 0.3) is 0 Å². The first-order valence-electron chi connectivity index (χ1n) is 6.95. The summed E-state index contributed by atoms with van der Waals surface area (Å²) in [6, 6.07) is 9.15. The molecule has 0 aliphatic carbocycles. The lowest BCUT2D eigenvalue weighted by Crippen LogP contribution is -2.31. The van der Waals surface area contributed by atoms with Crippen molar-refractivity contribution in [3.05, 3.63) is 53.6 Å². The molecule has 0 amide bonds. The van der Waals surface area contributed by atoms with E-state index < -0.39 is 0 Å². The summed E-state index contributed by atoms with van der Waals surface area (Å²) >= 11 is 0. The van der Waals surface area contributed by atoms with Gasteiger partial charge < -0.3 is 9.88 Å². The van der Waals surface area contributed by atoms with Crippen LogP contribution >= 0.6 is 0 Å². The Labute approximate surface area is 115 Å². The Bertz CT molecular complexity index is 516. The fraction of sp³-hybridized carbons (Fsp3) is 0.438. The Morgan fingerprint density at radius 2 is 2.16 bits per heavy atom. The fourth-order valence-corrected chi connectivity index (χ4v) is 2.44. The minimum Gasteiger partial charge on any atom is -0.335 e. The van der Waals surface area contributed by atoms with Crippen LogP contribution in [0, 0.1) is 6.92 Å². The summed E-state index contributed by atoms with van der Waals surface area (Å²) in [5.74, 6) is 1.16. The highest BCUT2D eigenvalue weighted by Crippen LogP contribution is 2.10. The molecule has 0 fully saturated rings. The van der Waals surface area contributed by atoms with Gasteiger partial charge in [0.15, 0.2) is 0 Å². The molecule has 3 heteroatoms. The fourth-order valence-electron chi connectivity index (χ4n) is 2.44. The summed E-state index contributed by atoms with van der Waals surface area (Å²) in [7, 11) is 2.03. The summed E-state index contributed by atoms with van der Waals surface area (Å²) in [6.07, 6.45) is 5.94. The minimum absolute atomic E-state index is 0.425. The molecule has 0 aliphatic heterocycles. The summed E-state index contributed by atoms with van der Waals surface area (Å²) < 4.78 is 2.21. The van der Waals surface area contributed by atoms with E-state index in [1.807, 2.05) is 13.2 Å². The zero-order valence-corrected chi connectivity index (χ0v) is 12.1. The van der Waals surface area contributed by atoms with Gasteiger partial charge in [-0.3, -0.25) is 0 Å². The molecule has 0 radical (unpaired) electrons. The van der Waals surface area contributed by atoms with Crippen molar-refractivity contribution >= 4 is 0 Å². The largest absolute Gasteiger partial charge is 0.335 e. The van der Waals surface area contributed by atoms with Crippen molar-refractivity contribution in [3.8, 4) is 0 Å². The molecule has 0 bridgehead atoms. The summed E-state index contributed by atoms with van der Waals surface area (Å²) in [5.41, 5.74) is 2.70. The van der Waals surface area contributed by atoms with Gasteiger partial charge in [-0.2, -0.15) is 0 Å². The molecule has 19 heavy (non-hydrogen) atoms. The molecule has 1 unspecified atom stereocenters. The standard InChI is InChI=1S/C16H23N3/c1-4-19-9-8-18-16(19)12-15(17-3)11-14-7-5-6-13(2)10-14/h5-10,15,17H,4,11-12H2,1-3H3. The number of hydrogen-bond acceptors (Lipinski definition) is 2. The number of benzene rings is 1. The van der Waals surface area contributed by atoms with E-state index in [1.165, 1.54) is 11.1 Å². The molecule has 1 N–H and O–H groups in total. The van der Waals surface area contributed by atoms with Crippen molar-refractivity contribution < 1.29 is 0 Å². The maximum Gasteiger partial charge on any atom is 0.110 e. The highest BCUT2D eigenvalue weighted by atomic mass is 15.1. The molecule has 0 aliphatic rings. The van der Waals surface area contributed by atoms with Crippen LogP contribution in [-0.2, 0) is 19.4 Å². The van der Waals surface area contributed by atoms with Gasteiger partial charge in [0.1, 0.15) is 5.82 Å². The molecule has 1 aromatic carbocycles. The third kappa shape index (κ3) is 3.67. The van der Waals surface area contributed by atoms with E-state index in [4.69, 9.17) is 0 Å². The molecular weight excluding hydrogens is 234 g/mol. The number of aryl methyl sites for hydroxylation is 2. The molecule has 2 aromatic rings. The molecule has 2 rings (SSSR count). The number of aromatic nitrogens is 2. The van der Waals surface area contributed by atoms with E-state index in [2.05, 4.69) is 59.2 Å². The second kappa shape index (κ2) is 6.53. The molecule has 1 heterocycles. The summed E-state index contributed by atoms with van der Waals surface area (Å²) in [5, 5.41) is 3.41. The zero-order chi connectivity index (χ0) is 13.7. The average Bonchev–Trinajstić information content (AvgIpc) is 2.85. The molecule has 3 nitrogen and oxygen atoms in total. The number of nitrogens with one attached hydrogen (secondary N) is 1. The van der Waals surface area contributed by atoms with Gasteiger partial charge >= 0.3 is 0 Å². The van der Waals surface area contributed by atoms with Gasteiger partial charge in [0.25, 0.3) is 0 Å². The van der Waals surface area contributed by atoms with E-state index in [0.717, 1.165) is 25.2 Å². The van der Waals surface area contributed by atoms with Gasteiger partial charge in [-0.1, -0.05) is 29.8 Å². The van der Waals surface area contributed by atoms with Crippen LogP contribution in [0.1, 0.15) is 23.9 Å². The first kappa shape index (κ1) is 13.8. The normalized spacial score (nSPS) is 12.6. The van der Waals surface area contributed by atoms with E-state index in [0.29, 0.717) is 6.04 Å². The predicted octanol–water partition coefficient (Wildman–Crippen LogP) is 2.58. The van der Waals surface area contributed by atoms with Crippen LogP contribution in [0.2, 0.25) is 0 Å². The molecule has 102 valence electrons. The van der Waals surface area contributed by atoms with E-state index in [9.17, 15) is 0 Å². The van der Waals surface area contributed by atoms with Crippen molar-refractivity contribution in [2.45, 2.75) is 39.3 Å². The maximum absolute atomic E-state index is 4.46. The van der Waals surface area contributed by atoms with Gasteiger partial charge in [-0.15, -0.1) is 0 Å². The smallest absolute Gasteiger partial charge is 0.110 e. The Balaban J connectivity index is 2.04. The summed E-state index contributed by atoms with van der Waals surface area (Å²) in [6.45, 7) is 5.28. The van der Waals surface area contributed by atoms with Gasteiger partial charge in [0.2, 0.25) is 0 Å². The van der Waals surface area contributed by atoms with Crippen molar-refractivity contribution in [2.24, 2.45) is 0 Å². The monoisotopic (exact) mass is 257 g/mol. The second-order valence-corrected chi connectivity index (χ2v) is 5.01. The van der Waals surface area contributed by atoms with E-state index in [-0.39, 0.29) is 0 Å². The quantitative estimate of drug-likeness (QED) is 0.862. The highest BCUT2D eigenvalue weighted by molar-refractivity contribution is 5.23. The number of nitrogens with zero attached hydrogens (tertiary/aromatic N) is 2. The van der Waals surface area contributed by atoms with Gasteiger partial charge in [-0.25, -0.2) is 4.98 Å². The van der Waals surface area contributed by atoms with Gasteiger partial charge in [-0.05, 0) is 32.9 Å². The van der Waals surface area contributed by atoms with Gasteiger partial charge in [0.05, 0.1) is 0 Å².